The first kappa shape index (κ1) is 10.2. The quantitative estimate of drug-likeness (QED) is 0.575. The zero-order chi connectivity index (χ0) is 11.5. The number of nitrogens with zero attached hydrogens (tertiary/aromatic N) is 2. The lowest BCUT2D eigenvalue weighted by atomic mass is 10.1. The minimum atomic E-state index is -0.525. The summed E-state index contributed by atoms with van der Waals surface area (Å²) in [6.07, 6.45) is 1.15. The van der Waals surface area contributed by atoms with E-state index in [-0.39, 0.29) is 11.5 Å². The van der Waals surface area contributed by atoms with E-state index in [1.807, 2.05) is 0 Å². The highest BCUT2D eigenvalue weighted by atomic mass is 19.1. The third-order valence-corrected chi connectivity index (χ3v) is 2.08. The lowest BCUT2D eigenvalue weighted by Crippen LogP contribution is -1.90. The largest absolute Gasteiger partial charge is 0.287 e. The molecular weight excluding hydrogens is 211 g/mol. The zero-order valence-electron chi connectivity index (χ0n) is 8.13. The molecule has 5 heteroatoms. The van der Waals surface area contributed by atoms with Gasteiger partial charge in [0.1, 0.15) is 12.0 Å². The van der Waals surface area contributed by atoms with Gasteiger partial charge in [0.05, 0.1) is 10.6 Å². The number of rotatable bonds is 2. The van der Waals surface area contributed by atoms with Gasteiger partial charge < -0.3 is 0 Å². The Morgan fingerprint density at radius 2 is 2.06 bits per heavy atom. The first-order valence-electron chi connectivity index (χ1n) is 4.53. The third kappa shape index (κ3) is 2.03. The predicted molar refractivity (Wildman–Crippen MR) is 56.3 cm³/mol. The van der Waals surface area contributed by atoms with E-state index in [2.05, 4.69) is 4.98 Å². The number of hydrogen-bond donors (Lipinski definition) is 0. The van der Waals surface area contributed by atoms with Crippen LogP contribution in [0.1, 0.15) is 0 Å². The average molecular weight is 218 g/mol. The van der Waals surface area contributed by atoms with Crippen LogP contribution in [-0.4, -0.2) is 9.91 Å². The van der Waals surface area contributed by atoms with Gasteiger partial charge in [-0.1, -0.05) is 12.1 Å². The van der Waals surface area contributed by atoms with Crippen LogP contribution >= 0.6 is 0 Å². The summed E-state index contributed by atoms with van der Waals surface area (Å²) in [5.74, 6) is -0.363. The molecule has 0 N–H and O–H groups in total. The van der Waals surface area contributed by atoms with Crippen LogP contribution in [0.4, 0.5) is 10.1 Å². The van der Waals surface area contributed by atoms with Gasteiger partial charge in [-0.05, 0) is 18.2 Å². The number of nitro groups is 1. The van der Waals surface area contributed by atoms with Crippen LogP contribution < -0.4 is 0 Å². The summed E-state index contributed by atoms with van der Waals surface area (Å²) in [5, 5.41) is 10.4. The lowest BCUT2D eigenvalue weighted by molar-refractivity contribution is -0.385. The Morgan fingerprint density at radius 1 is 1.25 bits per heavy atom. The maximum atomic E-state index is 12.9. The van der Waals surface area contributed by atoms with Crippen molar-refractivity contribution < 1.29 is 9.31 Å². The Morgan fingerprint density at radius 3 is 2.62 bits per heavy atom. The molecule has 1 aromatic carbocycles. The van der Waals surface area contributed by atoms with Gasteiger partial charge >= 0.3 is 0 Å². The molecule has 0 atom stereocenters. The molecular formula is C11H7FN2O2. The fraction of sp³-hybridized carbons (Fsp3) is 0. The molecule has 0 radical (unpaired) electrons. The normalized spacial score (nSPS) is 10.1. The van der Waals surface area contributed by atoms with Crippen LogP contribution in [0.3, 0.4) is 0 Å². The fourth-order valence-electron chi connectivity index (χ4n) is 1.31. The maximum Gasteiger partial charge on any atom is 0.287 e. The van der Waals surface area contributed by atoms with Gasteiger partial charge in [0.25, 0.3) is 5.69 Å². The van der Waals surface area contributed by atoms with Crippen LogP contribution in [0.5, 0.6) is 0 Å². The molecule has 1 heterocycles. The molecule has 0 fully saturated rings. The van der Waals surface area contributed by atoms with E-state index < -0.39 is 4.92 Å². The molecule has 80 valence electrons. The topological polar surface area (TPSA) is 56.0 Å². The third-order valence-electron chi connectivity index (χ3n) is 2.08. The first-order chi connectivity index (χ1) is 7.66. The number of benzene rings is 1. The molecule has 0 aliphatic heterocycles. The monoisotopic (exact) mass is 218 g/mol. The van der Waals surface area contributed by atoms with Crippen molar-refractivity contribution >= 4 is 5.69 Å². The van der Waals surface area contributed by atoms with Crippen molar-refractivity contribution in [2.75, 3.05) is 0 Å². The van der Waals surface area contributed by atoms with Gasteiger partial charge in [-0.2, -0.15) is 0 Å². The summed E-state index contributed by atoms with van der Waals surface area (Å²) in [4.78, 5) is 13.8. The van der Waals surface area contributed by atoms with Gasteiger partial charge in [-0.15, -0.1) is 0 Å². The van der Waals surface area contributed by atoms with E-state index in [1.165, 1.54) is 24.3 Å². The van der Waals surface area contributed by atoms with E-state index in [0.29, 0.717) is 11.3 Å². The molecule has 16 heavy (non-hydrogen) atoms. The fourth-order valence-corrected chi connectivity index (χ4v) is 1.31. The van der Waals surface area contributed by atoms with Crippen LogP contribution in [0, 0.1) is 15.9 Å². The van der Waals surface area contributed by atoms with Crippen molar-refractivity contribution in [3.8, 4) is 11.3 Å². The Hall–Kier alpha value is -2.30. The summed E-state index contributed by atoms with van der Waals surface area (Å²) in [7, 11) is 0. The highest BCUT2D eigenvalue weighted by Crippen LogP contribution is 2.19. The van der Waals surface area contributed by atoms with Gasteiger partial charge in [0.2, 0.25) is 0 Å². The molecule has 2 aromatic rings. The smallest absolute Gasteiger partial charge is 0.258 e. The Labute approximate surface area is 90.5 Å². The molecule has 0 unspecified atom stereocenters. The Balaban J connectivity index is 2.38. The van der Waals surface area contributed by atoms with Crippen molar-refractivity contribution in [2.45, 2.75) is 0 Å². The molecule has 0 amide bonds. The molecule has 0 aliphatic rings. The van der Waals surface area contributed by atoms with Crippen LogP contribution in [0.25, 0.3) is 11.3 Å². The second-order valence-electron chi connectivity index (χ2n) is 3.17. The van der Waals surface area contributed by atoms with Crippen molar-refractivity contribution in [3.63, 3.8) is 0 Å². The number of aromatic nitrogens is 1. The zero-order valence-corrected chi connectivity index (χ0v) is 8.13. The molecule has 0 saturated heterocycles. The molecule has 0 aliphatic carbocycles. The summed E-state index contributed by atoms with van der Waals surface area (Å²) in [6.45, 7) is 0. The SMILES string of the molecule is O=[N+]([O-])c1ccc(-c2cccc(F)c2)nc1. The second kappa shape index (κ2) is 4.06. The summed E-state index contributed by atoms with van der Waals surface area (Å²) >= 11 is 0. The predicted octanol–water partition coefficient (Wildman–Crippen LogP) is 2.80. The van der Waals surface area contributed by atoms with Crippen molar-refractivity contribution in [2.24, 2.45) is 0 Å². The molecule has 0 spiro atoms. The average Bonchev–Trinajstić information content (AvgIpc) is 2.29. The molecule has 0 saturated carbocycles. The van der Waals surface area contributed by atoms with Crippen LogP contribution in [0.2, 0.25) is 0 Å². The van der Waals surface area contributed by atoms with E-state index in [0.717, 1.165) is 6.20 Å². The highest BCUT2D eigenvalue weighted by molar-refractivity contribution is 5.59. The van der Waals surface area contributed by atoms with E-state index in [9.17, 15) is 14.5 Å². The van der Waals surface area contributed by atoms with E-state index >= 15 is 0 Å². The number of pyridine rings is 1. The summed E-state index contributed by atoms with van der Waals surface area (Å²) in [6, 6.07) is 8.74. The lowest BCUT2D eigenvalue weighted by Gasteiger charge is -1.99. The molecule has 2 rings (SSSR count). The minimum absolute atomic E-state index is 0.0832. The van der Waals surface area contributed by atoms with Gasteiger partial charge in [-0.25, -0.2) is 9.37 Å². The second-order valence-corrected chi connectivity index (χ2v) is 3.17. The van der Waals surface area contributed by atoms with Crippen molar-refractivity contribution in [1.82, 2.24) is 4.98 Å². The molecule has 1 aromatic heterocycles. The standard InChI is InChI=1S/C11H7FN2O2/c12-9-3-1-2-8(6-9)11-5-4-10(7-13-11)14(15)16/h1-7H. The summed E-state index contributed by atoms with van der Waals surface area (Å²) < 4.78 is 12.9. The molecule has 4 nitrogen and oxygen atoms in total. The van der Waals surface area contributed by atoms with Gasteiger partial charge in [0, 0.05) is 11.6 Å². The Bertz CT molecular complexity index is 526. The highest BCUT2D eigenvalue weighted by Gasteiger charge is 2.06. The van der Waals surface area contributed by atoms with Crippen LogP contribution in [-0.2, 0) is 0 Å². The minimum Gasteiger partial charge on any atom is -0.258 e. The Kier molecular flexibility index (Phi) is 2.59. The van der Waals surface area contributed by atoms with Gasteiger partial charge in [0.15, 0.2) is 0 Å². The van der Waals surface area contributed by atoms with E-state index in [1.54, 1.807) is 12.1 Å². The first-order valence-corrected chi connectivity index (χ1v) is 4.53. The van der Waals surface area contributed by atoms with E-state index in [4.69, 9.17) is 0 Å². The molecule has 0 bridgehead atoms. The summed E-state index contributed by atoms with van der Waals surface area (Å²) in [5.41, 5.74) is 1.01. The maximum absolute atomic E-state index is 12.9. The number of halogens is 1. The van der Waals surface area contributed by atoms with Gasteiger partial charge in [-0.3, -0.25) is 10.1 Å². The van der Waals surface area contributed by atoms with Crippen molar-refractivity contribution in [1.29, 1.82) is 0 Å². The van der Waals surface area contributed by atoms with Crippen LogP contribution in [0.15, 0.2) is 42.6 Å². The van der Waals surface area contributed by atoms with Crippen molar-refractivity contribution in [3.05, 3.63) is 58.5 Å². The number of hydrogen-bond acceptors (Lipinski definition) is 3.